The number of halogens is 3. The lowest BCUT2D eigenvalue weighted by molar-refractivity contribution is -0.141. The van der Waals surface area contributed by atoms with Gasteiger partial charge in [-0.2, -0.15) is 13.2 Å². The molecule has 0 unspecified atom stereocenters. The number of alkyl halides is 3. The highest BCUT2D eigenvalue weighted by Crippen LogP contribution is 2.51. The lowest BCUT2D eigenvalue weighted by Gasteiger charge is -2.31. The van der Waals surface area contributed by atoms with Gasteiger partial charge in [0.15, 0.2) is 5.16 Å². The first-order valence-corrected chi connectivity index (χ1v) is 14.3. The average Bonchev–Trinajstić information content (AvgIpc) is 3.51. The molecule has 0 aliphatic heterocycles. The smallest absolute Gasteiger partial charge is 0.351 e. The van der Waals surface area contributed by atoms with Gasteiger partial charge in [-0.25, -0.2) is 4.98 Å². The summed E-state index contributed by atoms with van der Waals surface area (Å²) in [5.41, 5.74) is 2.53. The number of unbranched alkanes of at least 4 members (excludes halogenated alkanes) is 3. The molecule has 3 aromatic rings. The molecule has 0 spiro atoms. The molecule has 0 bridgehead atoms. The van der Waals surface area contributed by atoms with Gasteiger partial charge < -0.3 is 15.6 Å². The number of hydrogen-bond acceptors (Lipinski definition) is 4. The Bertz CT molecular complexity index is 1250. The van der Waals surface area contributed by atoms with E-state index < -0.39 is 24.0 Å². The standard InChI is InChI=1S/C29H33F3N4O2S/c1-2-3-16-33-25(37)24-18-34-27(36-24)39-17-10-4-9-15-28(26(38)35-19-29(30,31)32)22-13-7-5-11-20(22)21-12-6-8-14-23(21)28/h5-8,11-14,18H,2-4,9-10,15-17,19H2,1H3,(H,33,37)(H,34,36)(H,35,38). The van der Waals surface area contributed by atoms with Crippen LogP contribution in [0.2, 0.25) is 0 Å². The van der Waals surface area contributed by atoms with Crippen molar-refractivity contribution in [3.05, 3.63) is 71.5 Å². The molecule has 1 heterocycles. The third-order valence-corrected chi connectivity index (χ3v) is 7.92. The fourth-order valence-electron chi connectivity index (χ4n) is 5.09. The number of aromatic nitrogens is 2. The van der Waals surface area contributed by atoms with Crippen molar-refractivity contribution in [3.63, 3.8) is 0 Å². The summed E-state index contributed by atoms with van der Waals surface area (Å²) in [6.45, 7) is 1.32. The number of hydrogen-bond donors (Lipinski definition) is 3. The molecule has 39 heavy (non-hydrogen) atoms. The van der Waals surface area contributed by atoms with E-state index in [9.17, 15) is 22.8 Å². The van der Waals surface area contributed by atoms with Crippen LogP contribution in [0.4, 0.5) is 13.2 Å². The molecule has 6 nitrogen and oxygen atoms in total. The van der Waals surface area contributed by atoms with E-state index in [2.05, 4.69) is 27.5 Å². The van der Waals surface area contributed by atoms with Crippen LogP contribution in [0, 0.1) is 0 Å². The van der Waals surface area contributed by atoms with Crippen molar-refractivity contribution in [2.75, 3.05) is 18.8 Å². The molecule has 0 fully saturated rings. The summed E-state index contributed by atoms with van der Waals surface area (Å²) in [7, 11) is 0. The lowest BCUT2D eigenvalue weighted by Crippen LogP contribution is -2.47. The van der Waals surface area contributed by atoms with Crippen LogP contribution >= 0.6 is 11.8 Å². The minimum Gasteiger partial charge on any atom is -0.351 e. The molecular formula is C29H33F3N4O2S. The third-order valence-electron chi connectivity index (χ3n) is 6.95. The minimum absolute atomic E-state index is 0.172. The zero-order valence-corrected chi connectivity index (χ0v) is 22.7. The van der Waals surface area contributed by atoms with Gasteiger partial charge in [-0.05, 0) is 41.5 Å². The fourth-order valence-corrected chi connectivity index (χ4v) is 5.94. The van der Waals surface area contributed by atoms with Gasteiger partial charge in [0.1, 0.15) is 17.7 Å². The van der Waals surface area contributed by atoms with Gasteiger partial charge in [0.05, 0.1) is 6.20 Å². The molecule has 4 rings (SSSR count). The first-order chi connectivity index (χ1) is 18.8. The maximum atomic E-state index is 13.5. The van der Waals surface area contributed by atoms with Gasteiger partial charge in [-0.15, -0.1) is 0 Å². The second-order valence-corrected chi connectivity index (χ2v) is 10.7. The molecule has 1 aliphatic carbocycles. The zero-order chi connectivity index (χ0) is 27.9. The minimum atomic E-state index is -4.49. The maximum Gasteiger partial charge on any atom is 0.405 e. The quantitative estimate of drug-likeness (QED) is 0.171. The molecule has 0 saturated heterocycles. The number of thioether (sulfide) groups is 1. The van der Waals surface area contributed by atoms with Crippen LogP contribution in [0.3, 0.4) is 0 Å². The number of nitrogens with zero attached hydrogens (tertiary/aromatic N) is 1. The van der Waals surface area contributed by atoms with E-state index >= 15 is 0 Å². The largest absolute Gasteiger partial charge is 0.405 e. The van der Waals surface area contributed by atoms with Crippen molar-refractivity contribution >= 4 is 23.6 Å². The zero-order valence-electron chi connectivity index (χ0n) is 21.9. The topological polar surface area (TPSA) is 86.9 Å². The first-order valence-electron chi connectivity index (χ1n) is 13.3. The summed E-state index contributed by atoms with van der Waals surface area (Å²) >= 11 is 1.51. The van der Waals surface area contributed by atoms with E-state index in [0.29, 0.717) is 30.2 Å². The van der Waals surface area contributed by atoms with Crippen LogP contribution in [0.25, 0.3) is 11.1 Å². The van der Waals surface area contributed by atoms with E-state index in [1.807, 2.05) is 48.5 Å². The highest BCUT2D eigenvalue weighted by Gasteiger charge is 2.49. The van der Waals surface area contributed by atoms with E-state index in [4.69, 9.17) is 0 Å². The molecule has 10 heteroatoms. The molecule has 0 saturated carbocycles. The Morgan fingerprint density at radius 2 is 1.62 bits per heavy atom. The summed E-state index contributed by atoms with van der Waals surface area (Å²) in [5.74, 6) is -0.0360. The van der Waals surface area contributed by atoms with E-state index in [1.54, 1.807) is 0 Å². The van der Waals surface area contributed by atoms with Gasteiger partial charge >= 0.3 is 6.18 Å². The predicted molar refractivity (Wildman–Crippen MR) is 147 cm³/mol. The lowest BCUT2D eigenvalue weighted by atomic mass is 9.73. The number of imidazole rings is 1. The molecule has 0 radical (unpaired) electrons. The highest BCUT2D eigenvalue weighted by atomic mass is 32.2. The van der Waals surface area contributed by atoms with Gasteiger partial charge in [0, 0.05) is 12.3 Å². The van der Waals surface area contributed by atoms with Crippen molar-refractivity contribution in [1.29, 1.82) is 0 Å². The molecule has 2 amide bonds. The monoisotopic (exact) mass is 558 g/mol. The number of carbonyl (C=O) groups excluding carboxylic acids is 2. The second-order valence-electron chi connectivity index (χ2n) is 9.66. The van der Waals surface area contributed by atoms with Gasteiger partial charge in [0.25, 0.3) is 5.91 Å². The van der Waals surface area contributed by atoms with Gasteiger partial charge in [-0.3, -0.25) is 9.59 Å². The van der Waals surface area contributed by atoms with Crippen LogP contribution in [0.5, 0.6) is 0 Å². The molecular weight excluding hydrogens is 525 g/mol. The number of H-pyrrole nitrogens is 1. The van der Waals surface area contributed by atoms with Gasteiger partial charge in [0.2, 0.25) is 5.91 Å². The van der Waals surface area contributed by atoms with Crippen molar-refractivity contribution in [1.82, 2.24) is 20.6 Å². The maximum absolute atomic E-state index is 13.5. The Kier molecular flexibility index (Phi) is 9.37. The molecule has 2 aromatic carbocycles. The number of nitrogens with one attached hydrogen (secondary N) is 3. The summed E-state index contributed by atoms with van der Waals surface area (Å²) in [6.07, 6.45) is 1.63. The average molecular weight is 559 g/mol. The normalized spacial score (nSPS) is 13.5. The molecule has 208 valence electrons. The summed E-state index contributed by atoms with van der Waals surface area (Å²) in [6, 6.07) is 15.0. The highest BCUT2D eigenvalue weighted by molar-refractivity contribution is 7.99. The van der Waals surface area contributed by atoms with Crippen molar-refractivity contribution in [2.24, 2.45) is 0 Å². The SMILES string of the molecule is CCCCNC(=O)c1cnc(SCCCCCC2(C(=O)NCC(F)(F)F)c3ccccc3-c3ccccc32)[nH]1. The van der Waals surface area contributed by atoms with Crippen LogP contribution < -0.4 is 10.6 Å². The van der Waals surface area contributed by atoms with Crippen molar-refractivity contribution < 1.29 is 22.8 Å². The number of aromatic amines is 1. The van der Waals surface area contributed by atoms with Crippen LogP contribution in [-0.2, 0) is 10.2 Å². The van der Waals surface area contributed by atoms with Crippen LogP contribution in [0.15, 0.2) is 59.9 Å². The van der Waals surface area contributed by atoms with E-state index in [1.165, 1.54) is 18.0 Å². The fraction of sp³-hybridized carbons (Fsp3) is 0.414. The Morgan fingerprint density at radius 3 is 2.26 bits per heavy atom. The Hall–Kier alpha value is -3.27. The Morgan fingerprint density at radius 1 is 0.949 bits per heavy atom. The summed E-state index contributed by atoms with van der Waals surface area (Å²) in [4.78, 5) is 33.0. The van der Waals surface area contributed by atoms with Crippen LogP contribution in [-0.4, -0.2) is 46.8 Å². The number of rotatable bonds is 13. The predicted octanol–water partition coefficient (Wildman–Crippen LogP) is 6.24. The first kappa shape index (κ1) is 28.7. The van der Waals surface area contributed by atoms with E-state index in [-0.39, 0.29) is 5.91 Å². The summed E-state index contributed by atoms with van der Waals surface area (Å²) < 4.78 is 39.1. The number of fused-ring (bicyclic) bond motifs is 3. The van der Waals surface area contributed by atoms with Gasteiger partial charge in [-0.1, -0.05) is 86.5 Å². The van der Waals surface area contributed by atoms with Crippen LogP contribution in [0.1, 0.15) is 67.1 Å². The van der Waals surface area contributed by atoms with Crippen molar-refractivity contribution in [3.8, 4) is 11.1 Å². The van der Waals surface area contributed by atoms with Crippen molar-refractivity contribution in [2.45, 2.75) is 62.2 Å². The second kappa shape index (κ2) is 12.7. The number of amides is 2. The number of benzene rings is 2. The molecule has 3 N–H and O–H groups in total. The third kappa shape index (κ3) is 6.66. The number of carbonyl (C=O) groups is 2. The summed E-state index contributed by atoms with van der Waals surface area (Å²) in [5, 5.41) is 5.69. The molecule has 1 aliphatic rings. The Balaban J connectivity index is 1.39. The Labute approximate surface area is 230 Å². The van der Waals surface area contributed by atoms with E-state index in [0.717, 1.165) is 53.7 Å². The molecule has 0 atom stereocenters. The molecule has 1 aromatic heterocycles.